The second kappa shape index (κ2) is 15.0. The number of carbonyl (C=O) groups excluding carboxylic acids is 1. The molecule has 0 spiro atoms. The lowest BCUT2D eigenvalue weighted by molar-refractivity contribution is -0.245. The average molecular weight is 613 g/mol. The molecule has 0 aromatic heterocycles. The van der Waals surface area contributed by atoms with Gasteiger partial charge in [0.1, 0.15) is 0 Å². The first-order chi connectivity index (χ1) is 21.4. The van der Waals surface area contributed by atoms with Crippen LogP contribution in [0.15, 0.2) is 102 Å². The van der Waals surface area contributed by atoms with Crippen molar-refractivity contribution in [3.63, 3.8) is 0 Å². The van der Waals surface area contributed by atoms with E-state index >= 15 is 0 Å². The Hall–Kier alpha value is -4.15. The number of carboxylic acid groups (broad SMARTS) is 1. The molecule has 4 N–H and O–H groups in total. The second-order valence-electron chi connectivity index (χ2n) is 10.5. The zero-order chi connectivity index (χ0) is 30.9. The Morgan fingerprint density at radius 3 is 2.34 bits per heavy atom. The number of benzene rings is 4. The summed E-state index contributed by atoms with van der Waals surface area (Å²) in [5.74, 6) is -0.406. The third-order valence-corrected chi connectivity index (χ3v) is 8.57. The first-order valence-electron chi connectivity index (χ1n) is 14.6. The van der Waals surface area contributed by atoms with Crippen LogP contribution in [0.25, 0.3) is 11.1 Å². The number of hydrogen-bond donors (Lipinski definition) is 4. The summed E-state index contributed by atoms with van der Waals surface area (Å²) in [5, 5.41) is 24.8. The fraction of sp³-hybridized carbons (Fsp3) is 0.257. The first-order valence-corrected chi connectivity index (χ1v) is 15.6. The van der Waals surface area contributed by atoms with Gasteiger partial charge in [-0.25, -0.2) is 9.59 Å². The minimum Gasteiger partial charge on any atom is -0.478 e. The number of rotatable bonds is 11. The van der Waals surface area contributed by atoms with Crippen LogP contribution in [0.2, 0.25) is 0 Å². The fourth-order valence-electron chi connectivity index (χ4n) is 5.11. The lowest BCUT2D eigenvalue weighted by Gasteiger charge is -2.36. The Morgan fingerprint density at radius 1 is 0.841 bits per heavy atom. The van der Waals surface area contributed by atoms with Crippen LogP contribution in [-0.2, 0) is 22.6 Å². The number of nitrogens with one attached hydrogen (secondary N) is 2. The van der Waals surface area contributed by atoms with Crippen molar-refractivity contribution in [1.29, 1.82) is 0 Å². The molecule has 1 fully saturated rings. The molecule has 1 saturated heterocycles. The van der Waals surface area contributed by atoms with E-state index < -0.39 is 12.3 Å². The Balaban J connectivity index is 1.37. The molecule has 228 valence electrons. The average Bonchev–Trinajstić information content (AvgIpc) is 3.06. The van der Waals surface area contributed by atoms with Gasteiger partial charge in [-0.3, -0.25) is 0 Å². The van der Waals surface area contributed by atoms with Gasteiger partial charge in [0.25, 0.3) is 0 Å². The Bertz CT molecular complexity index is 1580. The van der Waals surface area contributed by atoms with E-state index in [2.05, 4.69) is 22.8 Å². The van der Waals surface area contributed by atoms with Crippen molar-refractivity contribution in [3.8, 4) is 11.1 Å². The smallest absolute Gasteiger partial charge is 0.336 e. The number of urea groups is 1. The van der Waals surface area contributed by atoms with Crippen molar-refractivity contribution in [3.05, 3.63) is 125 Å². The van der Waals surface area contributed by atoms with Crippen LogP contribution in [0.1, 0.15) is 58.4 Å². The van der Waals surface area contributed by atoms with E-state index in [1.54, 1.807) is 12.1 Å². The molecule has 8 nitrogen and oxygen atoms in total. The normalized spacial score (nSPS) is 18.0. The van der Waals surface area contributed by atoms with Crippen LogP contribution < -0.4 is 10.6 Å². The quantitative estimate of drug-likeness (QED) is 0.139. The highest BCUT2D eigenvalue weighted by Crippen LogP contribution is 2.40. The molecular formula is C35H36N2O6S. The Morgan fingerprint density at radius 2 is 1.59 bits per heavy atom. The molecule has 4 aromatic carbocycles. The van der Waals surface area contributed by atoms with E-state index in [-0.39, 0.29) is 30.4 Å². The fourth-order valence-corrected chi connectivity index (χ4v) is 6.17. The van der Waals surface area contributed by atoms with E-state index in [0.29, 0.717) is 30.2 Å². The molecular weight excluding hydrogens is 576 g/mol. The van der Waals surface area contributed by atoms with E-state index in [0.717, 1.165) is 33.4 Å². The summed E-state index contributed by atoms with van der Waals surface area (Å²) >= 11 is 1.46. The summed E-state index contributed by atoms with van der Waals surface area (Å²) in [7, 11) is 0. The first kappa shape index (κ1) is 31.3. The molecule has 9 heteroatoms. The van der Waals surface area contributed by atoms with Crippen LogP contribution in [0, 0.1) is 0 Å². The maximum absolute atomic E-state index is 11.9. The van der Waals surface area contributed by atoms with Gasteiger partial charge < -0.3 is 30.3 Å². The van der Waals surface area contributed by atoms with Gasteiger partial charge in [-0.2, -0.15) is 0 Å². The molecule has 4 aromatic rings. The van der Waals surface area contributed by atoms with Crippen molar-refractivity contribution >= 4 is 23.8 Å². The zero-order valence-corrected chi connectivity index (χ0v) is 25.3. The topological polar surface area (TPSA) is 117 Å². The highest BCUT2D eigenvalue weighted by atomic mass is 32.2. The van der Waals surface area contributed by atoms with Crippen molar-refractivity contribution in [2.75, 3.05) is 12.3 Å². The lowest BCUT2D eigenvalue weighted by atomic mass is 9.99. The molecule has 2 amide bonds. The molecule has 5 rings (SSSR count). The SMILES string of the molecule is CCNC(=O)NCc1cccc(-c2cccc([C@@H]3O[C@H](CSc4ccccc4C(=O)O)C[C@H](c4ccc(CO)cc4)O3)c2)c1. The van der Waals surface area contributed by atoms with Gasteiger partial charge in [-0.15, -0.1) is 11.8 Å². The summed E-state index contributed by atoms with van der Waals surface area (Å²) in [6, 6.07) is 30.6. The van der Waals surface area contributed by atoms with E-state index in [1.807, 2.05) is 79.7 Å². The minimum absolute atomic E-state index is 0.0320. The van der Waals surface area contributed by atoms with Gasteiger partial charge in [0.15, 0.2) is 6.29 Å². The van der Waals surface area contributed by atoms with Gasteiger partial charge in [-0.1, -0.05) is 72.8 Å². The van der Waals surface area contributed by atoms with Crippen LogP contribution in [0.3, 0.4) is 0 Å². The summed E-state index contributed by atoms with van der Waals surface area (Å²) in [5.41, 5.74) is 5.93. The van der Waals surface area contributed by atoms with Crippen molar-refractivity contribution in [1.82, 2.24) is 10.6 Å². The predicted molar refractivity (Wildman–Crippen MR) is 170 cm³/mol. The largest absolute Gasteiger partial charge is 0.478 e. The van der Waals surface area contributed by atoms with E-state index in [1.165, 1.54) is 11.8 Å². The lowest BCUT2D eigenvalue weighted by Crippen LogP contribution is -2.34. The van der Waals surface area contributed by atoms with E-state index in [9.17, 15) is 19.8 Å². The number of aromatic carboxylic acids is 1. The number of aliphatic hydroxyl groups excluding tert-OH is 1. The van der Waals surface area contributed by atoms with Crippen molar-refractivity contribution in [2.24, 2.45) is 0 Å². The van der Waals surface area contributed by atoms with Gasteiger partial charge >= 0.3 is 12.0 Å². The Labute approximate surface area is 261 Å². The van der Waals surface area contributed by atoms with Crippen LogP contribution in [0.4, 0.5) is 4.79 Å². The molecule has 0 aliphatic carbocycles. The molecule has 1 heterocycles. The van der Waals surface area contributed by atoms with Gasteiger partial charge in [0, 0.05) is 35.7 Å². The van der Waals surface area contributed by atoms with Gasteiger partial charge in [0.2, 0.25) is 0 Å². The monoisotopic (exact) mass is 612 g/mol. The molecule has 1 aliphatic heterocycles. The second-order valence-corrected chi connectivity index (χ2v) is 11.6. The van der Waals surface area contributed by atoms with Crippen LogP contribution in [-0.4, -0.2) is 40.6 Å². The molecule has 1 aliphatic rings. The standard InChI is InChI=1S/C35H36N2O6S/c1-2-36-35(41)37-20-24-7-5-8-26(17-24)27-9-6-10-28(18-27)34-42-29(22-44-32-12-4-3-11-30(32)33(39)40)19-31(43-34)25-15-13-23(21-38)14-16-25/h3-18,29,31,34,38H,2,19-22H2,1H3,(H,39,40)(H2,36,37,41)/t29-,31+,34+/m0/s1. The summed E-state index contributed by atoms with van der Waals surface area (Å²) in [6.45, 7) is 2.82. The number of ether oxygens (including phenoxy) is 2. The number of hydrogen-bond acceptors (Lipinski definition) is 6. The molecule has 44 heavy (non-hydrogen) atoms. The Kier molecular flexibility index (Phi) is 10.7. The number of amides is 2. The maximum Gasteiger partial charge on any atom is 0.336 e. The number of carboxylic acids is 1. The summed E-state index contributed by atoms with van der Waals surface area (Å²) in [4.78, 5) is 24.3. The minimum atomic E-state index is -0.957. The predicted octanol–water partition coefficient (Wildman–Crippen LogP) is 6.70. The molecule has 0 radical (unpaired) electrons. The number of carbonyl (C=O) groups is 2. The molecule has 0 bridgehead atoms. The zero-order valence-electron chi connectivity index (χ0n) is 24.4. The summed E-state index contributed by atoms with van der Waals surface area (Å²) in [6.07, 6.45) is -0.518. The number of aliphatic hydroxyl groups is 1. The van der Waals surface area contributed by atoms with Gasteiger partial charge in [-0.05, 0) is 59.0 Å². The third kappa shape index (κ3) is 8.06. The van der Waals surface area contributed by atoms with Crippen LogP contribution >= 0.6 is 11.8 Å². The molecule has 3 atom stereocenters. The van der Waals surface area contributed by atoms with Crippen molar-refractivity contribution < 1.29 is 29.3 Å². The molecule has 0 unspecified atom stereocenters. The highest BCUT2D eigenvalue weighted by Gasteiger charge is 2.32. The molecule has 0 saturated carbocycles. The third-order valence-electron chi connectivity index (χ3n) is 7.37. The van der Waals surface area contributed by atoms with E-state index in [4.69, 9.17) is 9.47 Å². The maximum atomic E-state index is 11.9. The van der Waals surface area contributed by atoms with Crippen LogP contribution in [0.5, 0.6) is 0 Å². The highest BCUT2D eigenvalue weighted by molar-refractivity contribution is 7.99. The summed E-state index contributed by atoms with van der Waals surface area (Å²) < 4.78 is 13.0. The van der Waals surface area contributed by atoms with Gasteiger partial charge in [0.05, 0.1) is 24.4 Å². The number of thioether (sulfide) groups is 1. The van der Waals surface area contributed by atoms with Crippen molar-refractivity contribution in [2.45, 2.75) is 49.9 Å².